The summed E-state index contributed by atoms with van der Waals surface area (Å²) in [5, 5.41) is 3.37. The lowest BCUT2D eigenvalue weighted by molar-refractivity contribution is -0.00572. The maximum atomic E-state index is 4.88. The molecule has 3 heteroatoms. The molecule has 108 valence electrons. The lowest BCUT2D eigenvalue weighted by Gasteiger charge is -2.53. The minimum atomic E-state index is 0.657. The predicted octanol–water partition coefficient (Wildman–Crippen LogP) is 3.13. The van der Waals surface area contributed by atoms with Crippen LogP contribution in [0.4, 0.5) is 0 Å². The average Bonchev–Trinajstić information content (AvgIpc) is 2.44. The summed E-state index contributed by atoms with van der Waals surface area (Å²) < 4.78 is 0. The van der Waals surface area contributed by atoms with Crippen molar-refractivity contribution in [1.82, 2.24) is 15.3 Å². The van der Waals surface area contributed by atoms with E-state index < -0.39 is 0 Å². The van der Waals surface area contributed by atoms with Gasteiger partial charge < -0.3 is 5.32 Å². The summed E-state index contributed by atoms with van der Waals surface area (Å²) in [6.45, 7) is 4.01. The van der Waals surface area contributed by atoms with E-state index in [-0.39, 0.29) is 0 Å². The summed E-state index contributed by atoms with van der Waals surface area (Å²) in [5.41, 5.74) is 1.16. The maximum absolute atomic E-state index is 4.88. The molecule has 5 rings (SSSR count). The van der Waals surface area contributed by atoms with E-state index >= 15 is 0 Å². The molecule has 0 radical (unpaired) electrons. The van der Waals surface area contributed by atoms with Gasteiger partial charge >= 0.3 is 0 Å². The first-order chi connectivity index (χ1) is 9.83. The second kappa shape index (κ2) is 5.10. The Morgan fingerprint density at radius 2 is 1.80 bits per heavy atom. The monoisotopic (exact) mass is 271 g/mol. The van der Waals surface area contributed by atoms with Gasteiger partial charge in [0, 0.05) is 18.7 Å². The first-order valence-corrected chi connectivity index (χ1v) is 8.36. The fraction of sp³-hybridized carbons (Fsp3) is 0.765. The van der Waals surface area contributed by atoms with Gasteiger partial charge in [-0.2, -0.15) is 0 Å². The molecule has 4 fully saturated rings. The minimum Gasteiger partial charge on any atom is -0.311 e. The fourth-order valence-electron chi connectivity index (χ4n) is 5.27. The minimum absolute atomic E-state index is 0.657. The SMILES string of the molecule is CCNCc1ccnc(C2C3CC4CC(C3)CC2C4)n1. The van der Waals surface area contributed by atoms with E-state index in [0.29, 0.717) is 5.92 Å². The van der Waals surface area contributed by atoms with Gasteiger partial charge in [-0.05, 0) is 68.4 Å². The van der Waals surface area contributed by atoms with Gasteiger partial charge in [0.2, 0.25) is 0 Å². The molecule has 0 aromatic carbocycles. The molecule has 0 amide bonds. The molecular formula is C17H25N3. The van der Waals surface area contributed by atoms with E-state index in [1.807, 2.05) is 6.20 Å². The van der Waals surface area contributed by atoms with E-state index in [0.717, 1.165) is 48.3 Å². The van der Waals surface area contributed by atoms with E-state index in [1.54, 1.807) is 0 Å². The number of rotatable bonds is 4. The van der Waals surface area contributed by atoms with Gasteiger partial charge in [-0.3, -0.25) is 0 Å². The third kappa shape index (κ3) is 2.16. The quantitative estimate of drug-likeness (QED) is 0.914. The Bertz CT molecular complexity index is 457. The van der Waals surface area contributed by atoms with E-state index in [2.05, 4.69) is 23.3 Å². The maximum Gasteiger partial charge on any atom is 0.132 e. The number of nitrogens with one attached hydrogen (secondary N) is 1. The smallest absolute Gasteiger partial charge is 0.132 e. The topological polar surface area (TPSA) is 37.8 Å². The normalized spacial score (nSPS) is 38.4. The van der Waals surface area contributed by atoms with Crippen LogP contribution in [0.2, 0.25) is 0 Å². The highest BCUT2D eigenvalue weighted by atomic mass is 14.9. The Morgan fingerprint density at radius 1 is 1.10 bits per heavy atom. The summed E-state index contributed by atoms with van der Waals surface area (Å²) >= 11 is 0. The molecule has 20 heavy (non-hydrogen) atoms. The summed E-state index contributed by atoms with van der Waals surface area (Å²) in [4.78, 5) is 9.54. The Balaban J connectivity index is 1.58. The van der Waals surface area contributed by atoms with Crippen LogP contribution in [0.15, 0.2) is 12.3 Å². The van der Waals surface area contributed by atoms with Crippen LogP contribution in [0.3, 0.4) is 0 Å². The van der Waals surface area contributed by atoms with Crippen LogP contribution in [0.1, 0.15) is 56.5 Å². The van der Waals surface area contributed by atoms with Gasteiger partial charge in [0.1, 0.15) is 5.82 Å². The van der Waals surface area contributed by atoms with Crippen LogP contribution >= 0.6 is 0 Å². The van der Waals surface area contributed by atoms with Crippen LogP contribution in [-0.4, -0.2) is 16.5 Å². The molecule has 1 heterocycles. The van der Waals surface area contributed by atoms with Crippen molar-refractivity contribution in [2.75, 3.05) is 6.54 Å². The summed E-state index contributed by atoms with van der Waals surface area (Å²) in [5.74, 6) is 5.61. The van der Waals surface area contributed by atoms with Crippen molar-refractivity contribution in [2.45, 2.75) is 51.5 Å². The number of hydrogen-bond donors (Lipinski definition) is 1. The molecular weight excluding hydrogens is 246 g/mol. The van der Waals surface area contributed by atoms with Crippen molar-refractivity contribution in [3.05, 3.63) is 23.8 Å². The third-order valence-corrected chi connectivity index (χ3v) is 5.81. The highest BCUT2D eigenvalue weighted by Crippen LogP contribution is 2.59. The summed E-state index contributed by atoms with van der Waals surface area (Å²) in [7, 11) is 0. The Morgan fingerprint density at radius 3 is 2.45 bits per heavy atom. The molecule has 1 aromatic rings. The van der Waals surface area contributed by atoms with Gasteiger partial charge in [-0.15, -0.1) is 0 Å². The predicted molar refractivity (Wildman–Crippen MR) is 79.2 cm³/mol. The molecule has 0 unspecified atom stereocenters. The lowest BCUT2D eigenvalue weighted by atomic mass is 9.51. The van der Waals surface area contributed by atoms with E-state index in [1.165, 1.54) is 32.1 Å². The largest absolute Gasteiger partial charge is 0.311 e. The van der Waals surface area contributed by atoms with Crippen molar-refractivity contribution in [1.29, 1.82) is 0 Å². The number of aromatic nitrogens is 2. The third-order valence-electron chi connectivity index (χ3n) is 5.81. The zero-order valence-electron chi connectivity index (χ0n) is 12.4. The van der Waals surface area contributed by atoms with Crippen LogP contribution < -0.4 is 5.32 Å². The highest BCUT2D eigenvalue weighted by Gasteiger charge is 2.49. The van der Waals surface area contributed by atoms with Gasteiger partial charge in [0.25, 0.3) is 0 Å². The van der Waals surface area contributed by atoms with Crippen LogP contribution in [0, 0.1) is 23.7 Å². The molecule has 1 aromatic heterocycles. The molecule has 0 atom stereocenters. The molecule has 4 bridgehead atoms. The second-order valence-corrected chi connectivity index (χ2v) is 7.14. The van der Waals surface area contributed by atoms with Gasteiger partial charge in [-0.25, -0.2) is 9.97 Å². The van der Waals surface area contributed by atoms with Crippen molar-refractivity contribution >= 4 is 0 Å². The van der Waals surface area contributed by atoms with E-state index in [4.69, 9.17) is 4.98 Å². The lowest BCUT2D eigenvalue weighted by Crippen LogP contribution is -2.44. The van der Waals surface area contributed by atoms with Gasteiger partial charge in [-0.1, -0.05) is 6.92 Å². The molecule has 0 aliphatic heterocycles. The van der Waals surface area contributed by atoms with Crippen molar-refractivity contribution in [3.63, 3.8) is 0 Å². The zero-order valence-corrected chi connectivity index (χ0v) is 12.4. The highest BCUT2D eigenvalue weighted by molar-refractivity contribution is 5.13. The number of hydrogen-bond acceptors (Lipinski definition) is 3. The Hall–Kier alpha value is -0.960. The molecule has 0 saturated heterocycles. The van der Waals surface area contributed by atoms with Crippen LogP contribution in [0.5, 0.6) is 0 Å². The zero-order chi connectivity index (χ0) is 13.5. The first-order valence-electron chi connectivity index (χ1n) is 8.36. The standard InChI is InChI=1S/C17H25N3/c1-2-18-10-15-3-4-19-17(20-15)16-13-6-11-5-12(8-13)9-14(16)7-11/h3-4,11-14,16,18H,2,5-10H2,1H3. The van der Waals surface area contributed by atoms with E-state index in [9.17, 15) is 0 Å². The van der Waals surface area contributed by atoms with Crippen molar-refractivity contribution < 1.29 is 0 Å². The van der Waals surface area contributed by atoms with Crippen LogP contribution in [-0.2, 0) is 6.54 Å². The molecule has 4 aliphatic rings. The molecule has 0 spiro atoms. The second-order valence-electron chi connectivity index (χ2n) is 7.14. The summed E-state index contributed by atoms with van der Waals surface area (Å²) in [6, 6.07) is 2.06. The number of nitrogens with zero attached hydrogens (tertiary/aromatic N) is 2. The summed E-state index contributed by atoms with van der Waals surface area (Å²) in [6.07, 6.45) is 9.26. The van der Waals surface area contributed by atoms with Gasteiger partial charge in [0.05, 0.1) is 5.69 Å². The average molecular weight is 271 g/mol. The molecule has 4 saturated carbocycles. The molecule has 1 N–H and O–H groups in total. The van der Waals surface area contributed by atoms with Crippen LogP contribution in [0.25, 0.3) is 0 Å². The van der Waals surface area contributed by atoms with Crippen molar-refractivity contribution in [3.8, 4) is 0 Å². The molecule has 4 aliphatic carbocycles. The Labute approximate surface area is 121 Å². The molecule has 3 nitrogen and oxygen atoms in total. The Kier molecular flexibility index (Phi) is 3.25. The van der Waals surface area contributed by atoms with Gasteiger partial charge in [0.15, 0.2) is 0 Å². The first kappa shape index (κ1) is 12.8. The van der Waals surface area contributed by atoms with Crippen molar-refractivity contribution in [2.24, 2.45) is 23.7 Å². The fourth-order valence-corrected chi connectivity index (χ4v) is 5.27.